The van der Waals surface area contributed by atoms with Gasteiger partial charge in [-0.1, -0.05) is 0 Å². The molecule has 2 heterocycles. The van der Waals surface area contributed by atoms with Crippen LogP contribution in [0.4, 0.5) is 10.6 Å². The number of methoxy groups -OCH3 is 1. The van der Waals surface area contributed by atoms with E-state index < -0.39 is 17.6 Å². The van der Waals surface area contributed by atoms with Crippen molar-refractivity contribution in [3.63, 3.8) is 0 Å². The number of fused-ring (bicyclic) bond motifs is 1. The van der Waals surface area contributed by atoms with E-state index >= 15 is 0 Å². The molecular weight excluding hydrogens is 290 g/mol. The zero-order valence-corrected chi connectivity index (χ0v) is 12.7. The number of ether oxygens (including phenoxy) is 2. The molecule has 9 nitrogen and oxygen atoms in total. The van der Waals surface area contributed by atoms with Gasteiger partial charge in [-0.15, -0.1) is 5.10 Å². The molecule has 0 bridgehead atoms. The fraction of sp³-hybridized carbons (Fsp3) is 0.385. The van der Waals surface area contributed by atoms with E-state index in [1.165, 1.54) is 17.8 Å². The molecule has 0 aromatic carbocycles. The van der Waals surface area contributed by atoms with E-state index in [2.05, 4.69) is 15.4 Å². The summed E-state index contributed by atoms with van der Waals surface area (Å²) >= 11 is 0. The van der Waals surface area contributed by atoms with Crippen LogP contribution < -0.4 is 15.8 Å². The summed E-state index contributed by atoms with van der Waals surface area (Å²) in [4.78, 5) is 27.6. The lowest BCUT2D eigenvalue weighted by molar-refractivity contribution is 0.0635. The standard InChI is InChI=1S/C13H17N5O4/c1-13(2,3)22-12(20)16-10-8(9(14)19)11-15-7(21-4)5-6-18(11)17-10/h5-6H,1-4H3,(H2,14,19)(H,16,17,20). The second-order valence-electron chi connectivity index (χ2n) is 5.45. The first-order chi connectivity index (χ1) is 10.2. The molecule has 0 saturated heterocycles. The van der Waals surface area contributed by atoms with Crippen molar-refractivity contribution in [1.82, 2.24) is 14.6 Å². The number of nitrogens with two attached hydrogens (primary N) is 1. The monoisotopic (exact) mass is 307 g/mol. The highest BCUT2D eigenvalue weighted by Gasteiger charge is 2.23. The Labute approximate surface area is 126 Å². The van der Waals surface area contributed by atoms with Crippen LogP contribution in [-0.2, 0) is 4.74 Å². The normalized spacial score (nSPS) is 11.3. The molecule has 0 spiro atoms. The number of hydrogen-bond acceptors (Lipinski definition) is 6. The number of hydrogen-bond donors (Lipinski definition) is 2. The van der Waals surface area contributed by atoms with E-state index in [0.29, 0.717) is 5.88 Å². The molecule has 2 amide bonds. The molecule has 118 valence electrons. The Morgan fingerprint density at radius 2 is 2.05 bits per heavy atom. The summed E-state index contributed by atoms with van der Waals surface area (Å²) in [6.07, 6.45) is 0.791. The summed E-state index contributed by atoms with van der Waals surface area (Å²) in [5.74, 6) is -0.511. The van der Waals surface area contributed by atoms with Gasteiger partial charge in [0.15, 0.2) is 11.5 Å². The summed E-state index contributed by atoms with van der Waals surface area (Å²) in [5, 5.41) is 6.47. The zero-order valence-electron chi connectivity index (χ0n) is 12.7. The van der Waals surface area contributed by atoms with Crippen LogP contribution in [0.2, 0.25) is 0 Å². The summed E-state index contributed by atoms with van der Waals surface area (Å²) in [6.45, 7) is 5.16. The maximum Gasteiger partial charge on any atom is 0.413 e. The Morgan fingerprint density at radius 3 is 2.59 bits per heavy atom. The number of nitrogens with zero attached hydrogens (tertiary/aromatic N) is 3. The first-order valence-corrected chi connectivity index (χ1v) is 6.44. The van der Waals surface area contributed by atoms with Crippen molar-refractivity contribution in [2.45, 2.75) is 26.4 Å². The number of primary amides is 1. The molecular formula is C13H17N5O4. The van der Waals surface area contributed by atoms with E-state index in [4.69, 9.17) is 15.2 Å². The van der Waals surface area contributed by atoms with Gasteiger partial charge in [0.05, 0.1) is 7.11 Å². The minimum atomic E-state index is -0.776. The number of carbonyl (C=O) groups is 2. The van der Waals surface area contributed by atoms with Gasteiger partial charge >= 0.3 is 6.09 Å². The first-order valence-electron chi connectivity index (χ1n) is 6.44. The van der Waals surface area contributed by atoms with Gasteiger partial charge in [0.2, 0.25) is 5.88 Å². The lowest BCUT2D eigenvalue weighted by Crippen LogP contribution is -2.28. The lowest BCUT2D eigenvalue weighted by atomic mass is 10.2. The molecule has 2 aromatic heterocycles. The average Bonchev–Trinajstić information content (AvgIpc) is 2.72. The largest absolute Gasteiger partial charge is 0.481 e. The predicted octanol–water partition coefficient (Wildman–Crippen LogP) is 1.18. The number of nitrogens with one attached hydrogen (secondary N) is 1. The van der Waals surface area contributed by atoms with E-state index in [1.807, 2.05) is 0 Å². The fourth-order valence-electron chi connectivity index (χ4n) is 1.74. The molecule has 9 heteroatoms. The molecule has 0 radical (unpaired) electrons. The number of anilines is 1. The molecule has 0 unspecified atom stereocenters. The Hall–Kier alpha value is -2.84. The van der Waals surface area contributed by atoms with Gasteiger partial charge in [-0.3, -0.25) is 10.1 Å². The van der Waals surface area contributed by atoms with E-state index in [-0.39, 0.29) is 17.0 Å². The van der Waals surface area contributed by atoms with Crippen molar-refractivity contribution in [3.8, 4) is 5.88 Å². The Balaban J connectivity index is 2.43. The van der Waals surface area contributed by atoms with Crippen molar-refractivity contribution in [2.75, 3.05) is 12.4 Å². The van der Waals surface area contributed by atoms with E-state index in [0.717, 1.165) is 0 Å². The van der Waals surface area contributed by atoms with Crippen molar-refractivity contribution in [1.29, 1.82) is 0 Å². The van der Waals surface area contributed by atoms with Crippen LogP contribution in [0.5, 0.6) is 5.88 Å². The van der Waals surface area contributed by atoms with Crippen molar-refractivity contribution in [3.05, 3.63) is 17.8 Å². The summed E-state index contributed by atoms with van der Waals surface area (Å²) < 4.78 is 11.4. The molecule has 0 aliphatic rings. The van der Waals surface area contributed by atoms with Crippen LogP contribution in [-0.4, -0.2) is 39.3 Å². The third-order valence-corrected chi connectivity index (χ3v) is 2.53. The minimum absolute atomic E-state index is 0.0234. The fourth-order valence-corrected chi connectivity index (χ4v) is 1.74. The average molecular weight is 307 g/mol. The van der Waals surface area contributed by atoms with Crippen LogP contribution in [0.3, 0.4) is 0 Å². The van der Waals surface area contributed by atoms with Crippen LogP contribution in [0.15, 0.2) is 12.3 Å². The van der Waals surface area contributed by atoms with Crippen molar-refractivity contribution >= 4 is 23.5 Å². The maximum atomic E-state index is 11.8. The SMILES string of the molecule is COc1ccn2nc(NC(=O)OC(C)(C)C)c(C(N)=O)c2n1. The number of carbonyl (C=O) groups excluding carboxylic acids is 2. The van der Waals surface area contributed by atoms with Crippen molar-refractivity contribution in [2.24, 2.45) is 5.73 Å². The number of amides is 2. The number of rotatable bonds is 3. The second-order valence-corrected chi connectivity index (χ2v) is 5.45. The Bertz CT molecular complexity index is 732. The Morgan fingerprint density at radius 1 is 1.36 bits per heavy atom. The zero-order chi connectivity index (χ0) is 16.5. The molecule has 2 rings (SSSR count). The highest BCUT2D eigenvalue weighted by molar-refractivity contribution is 6.06. The highest BCUT2D eigenvalue weighted by Crippen LogP contribution is 2.21. The van der Waals surface area contributed by atoms with Gasteiger partial charge in [0.25, 0.3) is 5.91 Å². The van der Waals surface area contributed by atoms with E-state index in [1.54, 1.807) is 26.8 Å². The first kappa shape index (κ1) is 15.5. The van der Waals surface area contributed by atoms with Gasteiger partial charge in [-0.25, -0.2) is 9.31 Å². The molecule has 0 fully saturated rings. The summed E-state index contributed by atoms with van der Waals surface area (Å²) in [6, 6.07) is 1.56. The summed E-state index contributed by atoms with van der Waals surface area (Å²) in [7, 11) is 1.44. The third kappa shape index (κ3) is 3.25. The molecule has 0 saturated carbocycles. The van der Waals surface area contributed by atoms with E-state index in [9.17, 15) is 9.59 Å². The number of aromatic nitrogens is 3. The van der Waals surface area contributed by atoms with Crippen LogP contribution in [0.1, 0.15) is 31.1 Å². The Kier molecular flexibility index (Phi) is 3.89. The van der Waals surface area contributed by atoms with Gasteiger partial charge in [0, 0.05) is 12.3 Å². The van der Waals surface area contributed by atoms with Crippen molar-refractivity contribution < 1.29 is 19.1 Å². The molecule has 0 atom stereocenters. The van der Waals surface area contributed by atoms with Gasteiger partial charge < -0.3 is 15.2 Å². The quantitative estimate of drug-likeness (QED) is 0.878. The smallest absolute Gasteiger partial charge is 0.413 e. The topological polar surface area (TPSA) is 121 Å². The maximum absolute atomic E-state index is 11.8. The molecule has 0 aliphatic heterocycles. The minimum Gasteiger partial charge on any atom is -0.481 e. The van der Waals surface area contributed by atoms with Crippen LogP contribution >= 0.6 is 0 Å². The van der Waals surface area contributed by atoms with Gasteiger partial charge in [-0.05, 0) is 20.8 Å². The van der Waals surface area contributed by atoms with Gasteiger partial charge in [0.1, 0.15) is 11.2 Å². The molecule has 0 aliphatic carbocycles. The van der Waals surface area contributed by atoms with Gasteiger partial charge in [-0.2, -0.15) is 4.98 Å². The predicted molar refractivity (Wildman–Crippen MR) is 77.9 cm³/mol. The molecule has 3 N–H and O–H groups in total. The van der Waals surface area contributed by atoms with Crippen LogP contribution in [0.25, 0.3) is 5.65 Å². The summed E-state index contributed by atoms with van der Waals surface area (Å²) in [5.41, 5.74) is 4.83. The van der Waals surface area contributed by atoms with Crippen LogP contribution in [0, 0.1) is 0 Å². The third-order valence-electron chi connectivity index (χ3n) is 2.53. The molecule has 22 heavy (non-hydrogen) atoms. The highest BCUT2D eigenvalue weighted by atomic mass is 16.6. The molecule has 2 aromatic rings. The second kappa shape index (κ2) is 5.51. The lowest BCUT2D eigenvalue weighted by Gasteiger charge is -2.19.